The van der Waals surface area contributed by atoms with Gasteiger partial charge in [-0.2, -0.15) is 0 Å². The third kappa shape index (κ3) is 13.8. The lowest BCUT2D eigenvalue weighted by Gasteiger charge is -2.40. The minimum Gasteiger partial charge on any atom is -0.388 e. The molecule has 2 unspecified atom stereocenters. The fraction of sp³-hybridized carbons (Fsp3) is 1.00. The standard InChI is InChI=1S/C25H49N3O6/c1-3-4-5-6-7-8-9-10-11-12-13-14-15-16-17-32-19-21(18-27-28-26)34-25-24(31)23(30)22(29)20(2)33-25/h20-25,29-31H,3-19H2,1-2H3/t20?,21-,22-,23-,24?,25-/m0/s1. The summed E-state index contributed by atoms with van der Waals surface area (Å²) in [6.45, 7) is 4.64. The molecule has 0 spiro atoms. The van der Waals surface area contributed by atoms with Crippen LogP contribution >= 0.6 is 0 Å². The Morgan fingerprint density at radius 2 is 1.35 bits per heavy atom. The lowest BCUT2D eigenvalue weighted by atomic mass is 10.00. The quantitative estimate of drug-likeness (QED) is 0.0901. The van der Waals surface area contributed by atoms with E-state index in [1.165, 1.54) is 77.0 Å². The molecule has 6 atom stereocenters. The van der Waals surface area contributed by atoms with Gasteiger partial charge in [0.15, 0.2) is 6.29 Å². The van der Waals surface area contributed by atoms with Crippen LogP contribution in [0.3, 0.4) is 0 Å². The van der Waals surface area contributed by atoms with Crippen molar-refractivity contribution in [2.24, 2.45) is 5.11 Å². The molecule has 1 rings (SSSR count). The Morgan fingerprint density at radius 3 is 1.88 bits per heavy atom. The summed E-state index contributed by atoms with van der Waals surface area (Å²) in [5.41, 5.74) is 8.61. The van der Waals surface area contributed by atoms with Gasteiger partial charge in [-0.05, 0) is 18.9 Å². The second-order valence-electron chi connectivity index (χ2n) is 9.52. The van der Waals surface area contributed by atoms with Crippen molar-refractivity contribution in [2.75, 3.05) is 19.8 Å². The Morgan fingerprint density at radius 1 is 0.824 bits per heavy atom. The van der Waals surface area contributed by atoms with Gasteiger partial charge in [-0.1, -0.05) is 95.5 Å². The number of ether oxygens (including phenoxy) is 3. The zero-order valence-electron chi connectivity index (χ0n) is 21.4. The van der Waals surface area contributed by atoms with Crippen molar-refractivity contribution in [3.8, 4) is 0 Å². The van der Waals surface area contributed by atoms with Crippen LogP contribution in [0.15, 0.2) is 5.11 Å². The third-order valence-electron chi connectivity index (χ3n) is 6.43. The second-order valence-corrected chi connectivity index (χ2v) is 9.52. The van der Waals surface area contributed by atoms with Gasteiger partial charge in [0, 0.05) is 11.5 Å². The van der Waals surface area contributed by atoms with E-state index in [1.807, 2.05) is 0 Å². The molecule has 0 saturated carbocycles. The molecule has 0 amide bonds. The van der Waals surface area contributed by atoms with Gasteiger partial charge in [0.05, 0.1) is 25.4 Å². The lowest BCUT2D eigenvalue weighted by molar-refractivity contribution is -0.305. The summed E-state index contributed by atoms with van der Waals surface area (Å²) in [5, 5.41) is 33.4. The van der Waals surface area contributed by atoms with Crippen molar-refractivity contribution in [3.63, 3.8) is 0 Å². The fourth-order valence-corrected chi connectivity index (χ4v) is 4.19. The van der Waals surface area contributed by atoms with Gasteiger partial charge in [-0.15, -0.1) is 0 Å². The summed E-state index contributed by atoms with van der Waals surface area (Å²) in [7, 11) is 0. The van der Waals surface area contributed by atoms with Crippen molar-refractivity contribution < 1.29 is 29.5 Å². The number of unbranched alkanes of at least 4 members (excludes halogenated alkanes) is 13. The smallest absolute Gasteiger partial charge is 0.186 e. The largest absolute Gasteiger partial charge is 0.388 e. The van der Waals surface area contributed by atoms with E-state index in [9.17, 15) is 15.3 Å². The third-order valence-corrected chi connectivity index (χ3v) is 6.43. The molecule has 0 aromatic heterocycles. The van der Waals surface area contributed by atoms with Crippen LogP contribution in [0.2, 0.25) is 0 Å². The molecule has 3 N–H and O–H groups in total. The highest BCUT2D eigenvalue weighted by Crippen LogP contribution is 2.23. The number of hydrogen-bond donors (Lipinski definition) is 3. The van der Waals surface area contributed by atoms with E-state index in [-0.39, 0.29) is 13.2 Å². The first-order chi connectivity index (χ1) is 16.5. The number of nitrogens with zero attached hydrogens (tertiary/aromatic N) is 3. The number of aliphatic hydroxyl groups excluding tert-OH is 3. The van der Waals surface area contributed by atoms with Crippen molar-refractivity contribution in [1.29, 1.82) is 0 Å². The van der Waals surface area contributed by atoms with Crippen LogP contribution in [0.4, 0.5) is 0 Å². The SMILES string of the molecule is CCCCCCCCCCCCCCCCOC[C@H](CN=[N+]=[N-])O[C@@H]1OC(C)[C@H](O)[C@H](O)C1O. The van der Waals surface area contributed by atoms with Gasteiger partial charge in [-0.3, -0.25) is 0 Å². The monoisotopic (exact) mass is 487 g/mol. The highest BCUT2D eigenvalue weighted by atomic mass is 16.7. The van der Waals surface area contributed by atoms with E-state index in [2.05, 4.69) is 16.9 Å². The van der Waals surface area contributed by atoms with Crippen LogP contribution in [0.25, 0.3) is 10.4 Å². The minimum atomic E-state index is -1.40. The van der Waals surface area contributed by atoms with Crippen LogP contribution in [0, 0.1) is 0 Å². The first-order valence-electron chi connectivity index (χ1n) is 13.4. The van der Waals surface area contributed by atoms with Gasteiger partial charge >= 0.3 is 0 Å². The van der Waals surface area contributed by atoms with Crippen molar-refractivity contribution in [2.45, 2.75) is 141 Å². The Bertz CT molecular complexity index is 535. The van der Waals surface area contributed by atoms with Crippen molar-refractivity contribution >= 4 is 0 Å². The van der Waals surface area contributed by atoms with Crippen LogP contribution in [-0.4, -0.2) is 71.9 Å². The highest BCUT2D eigenvalue weighted by Gasteiger charge is 2.43. The van der Waals surface area contributed by atoms with Gasteiger partial charge in [0.2, 0.25) is 0 Å². The number of azide groups is 1. The molecule has 1 fully saturated rings. The summed E-state index contributed by atoms with van der Waals surface area (Å²) in [6, 6.07) is 0. The molecule has 9 nitrogen and oxygen atoms in total. The summed E-state index contributed by atoms with van der Waals surface area (Å²) >= 11 is 0. The zero-order chi connectivity index (χ0) is 25.0. The van der Waals surface area contributed by atoms with E-state index >= 15 is 0 Å². The topological polar surface area (TPSA) is 137 Å². The molecule has 0 aromatic rings. The maximum absolute atomic E-state index is 10.1. The van der Waals surface area contributed by atoms with Crippen LogP contribution in [-0.2, 0) is 14.2 Å². The Kier molecular flexibility index (Phi) is 18.6. The van der Waals surface area contributed by atoms with Gasteiger partial charge in [0.25, 0.3) is 0 Å². The maximum Gasteiger partial charge on any atom is 0.186 e. The molecule has 0 radical (unpaired) electrons. The Labute approximate surface area is 205 Å². The summed E-state index contributed by atoms with van der Waals surface area (Å²) in [4.78, 5) is 2.75. The Hall–Kier alpha value is -0.930. The summed E-state index contributed by atoms with van der Waals surface area (Å²) in [6.07, 6.45) is 11.8. The number of rotatable bonds is 21. The molecular formula is C25H49N3O6. The molecular weight excluding hydrogens is 438 g/mol. The maximum atomic E-state index is 10.1. The van der Waals surface area contributed by atoms with E-state index < -0.39 is 36.8 Å². The van der Waals surface area contributed by atoms with E-state index in [4.69, 9.17) is 19.7 Å². The van der Waals surface area contributed by atoms with Gasteiger partial charge < -0.3 is 29.5 Å². The highest BCUT2D eigenvalue weighted by molar-refractivity contribution is 4.87. The molecule has 1 saturated heterocycles. The minimum absolute atomic E-state index is 0.0227. The van der Waals surface area contributed by atoms with Crippen molar-refractivity contribution in [3.05, 3.63) is 10.4 Å². The van der Waals surface area contributed by atoms with E-state index in [0.29, 0.717) is 6.61 Å². The number of hydrogen-bond acceptors (Lipinski definition) is 7. The van der Waals surface area contributed by atoms with Crippen LogP contribution in [0.5, 0.6) is 0 Å². The number of aliphatic hydroxyl groups is 3. The van der Waals surface area contributed by atoms with E-state index in [0.717, 1.165) is 12.8 Å². The molecule has 0 bridgehead atoms. The molecule has 34 heavy (non-hydrogen) atoms. The molecule has 1 aliphatic heterocycles. The molecule has 200 valence electrons. The predicted molar refractivity (Wildman–Crippen MR) is 132 cm³/mol. The second kappa shape index (κ2) is 20.3. The summed E-state index contributed by atoms with van der Waals surface area (Å²) < 4.78 is 16.8. The fourth-order valence-electron chi connectivity index (χ4n) is 4.19. The van der Waals surface area contributed by atoms with E-state index in [1.54, 1.807) is 6.92 Å². The van der Waals surface area contributed by atoms with Gasteiger partial charge in [0.1, 0.15) is 18.3 Å². The van der Waals surface area contributed by atoms with Crippen molar-refractivity contribution in [1.82, 2.24) is 0 Å². The predicted octanol–water partition coefficient (Wildman–Crippen LogP) is 5.01. The first-order valence-corrected chi connectivity index (χ1v) is 13.4. The lowest BCUT2D eigenvalue weighted by Crippen LogP contribution is -2.58. The van der Waals surface area contributed by atoms with Crippen LogP contribution in [0.1, 0.15) is 104 Å². The van der Waals surface area contributed by atoms with Crippen LogP contribution < -0.4 is 0 Å². The zero-order valence-corrected chi connectivity index (χ0v) is 21.4. The first kappa shape index (κ1) is 31.1. The average Bonchev–Trinajstić information content (AvgIpc) is 2.83. The molecule has 0 aliphatic carbocycles. The molecule has 1 aliphatic rings. The Balaban J connectivity index is 2.06. The summed E-state index contributed by atoms with van der Waals surface area (Å²) in [5.74, 6) is 0. The molecule has 1 heterocycles. The van der Waals surface area contributed by atoms with Gasteiger partial charge in [-0.25, -0.2) is 0 Å². The average molecular weight is 488 g/mol. The normalized spacial score (nSPS) is 25.7. The molecule has 0 aromatic carbocycles. The molecule has 9 heteroatoms.